The molecular weight excluding hydrogens is 230 g/mol. The van der Waals surface area contributed by atoms with Gasteiger partial charge in [-0.1, -0.05) is 0 Å². The molecule has 0 aliphatic heterocycles. The van der Waals surface area contributed by atoms with Gasteiger partial charge in [0, 0.05) is 6.04 Å². The van der Waals surface area contributed by atoms with E-state index in [0.717, 1.165) is 37.0 Å². The van der Waals surface area contributed by atoms with E-state index < -0.39 is 5.97 Å². The number of rotatable bonds is 5. The lowest BCUT2D eigenvalue weighted by Crippen LogP contribution is -2.56. The van der Waals surface area contributed by atoms with Crippen LogP contribution in [0.2, 0.25) is 0 Å². The predicted octanol–water partition coefficient (Wildman–Crippen LogP) is 1.79. The van der Waals surface area contributed by atoms with Gasteiger partial charge in [-0.05, 0) is 61.7 Å². The van der Waals surface area contributed by atoms with Crippen molar-refractivity contribution in [1.29, 1.82) is 0 Å². The summed E-state index contributed by atoms with van der Waals surface area (Å²) in [4.78, 5) is 21.8. The zero-order valence-electron chi connectivity index (χ0n) is 10.6. The molecule has 0 aromatic rings. The maximum atomic E-state index is 11.0. The van der Waals surface area contributed by atoms with Gasteiger partial charge < -0.3 is 10.4 Å². The van der Waals surface area contributed by atoms with Crippen molar-refractivity contribution in [2.24, 2.45) is 23.2 Å². The minimum absolute atomic E-state index is 0.0743. The van der Waals surface area contributed by atoms with Crippen molar-refractivity contribution in [3.8, 4) is 0 Å². The third kappa shape index (κ3) is 1.91. The Kier molecular flexibility index (Phi) is 2.83. The van der Waals surface area contributed by atoms with E-state index in [-0.39, 0.29) is 17.9 Å². The van der Waals surface area contributed by atoms with E-state index in [1.54, 1.807) is 0 Å². The number of carboxylic acid groups (broad SMARTS) is 1. The summed E-state index contributed by atoms with van der Waals surface area (Å²) in [5, 5.41) is 11.9. The monoisotopic (exact) mass is 251 g/mol. The highest BCUT2D eigenvalue weighted by molar-refractivity contribution is 5.68. The van der Waals surface area contributed by atoms with Crippen LogP contribution in [0.4, 0.5) is 0 Å². The molecule has 1 amide bonds. The van der Waals surface area contributed by atoms with Crippen LogP contribution in [0, 0.1) is 23.2 Å². The molecule has 4 aliphatic carbocycles. The first kappa shape index (κ1) is 12.0. The molecule has 4 heteroatoms. The Bertz CT molecular complexity index is 331. The Morgan fingerprint density at radius 1 is 1.22 bits per heavy atom. The average Bonchev–Trinajstić information content (AvgIpc) is 2.26. The number of aliphatic carboxylic acids is 1. The zero-order chi connectivity index (χ0) is 12.8. The molecule has 1 atom stereocenters. The summed E-state index contributed by atoms with van der Waals surface area (Å²) < 4.78 is 0. The Morgan fingerprint density at radius 3 is 2.11 bits per heavy atom. The number of amides is 1. The largest absolute Gasteiger partial charge is 0.481 e. The Hall–Kier alpha value is -1.06. The highest BCUT2D eigenvalue weighted by Crippen LogP contribution is 2.61. The molecule has 4 rings (SSSR count). The lowest BCUT2D eigenvalue weighted by Gasteiger charge is -2.59. The molecule has 18 heavy (non-hydrogen) atoms. The average molecular weight is 251 g/mol. The van der Waals surface area contributed by atoms with Crippen LogP contribution in [0.3, 0.4) is 0 Å². The van der Waals surface area contributed by atoms with Crippen LogP contribution >= 0.6 is 0 Å². The van der Waals surface area contributed by atoms with E-state index in [1.807, 2.05) is 0 Å². The van der Waals surface area contributed by atoms with Gasteiger partial charge in [0.05, 0.1) is 6.42 Å². The van der Waals surface area contributed by atoms with Crippen LogP contribution < -0.4 is 5.32 Å². The van der Waals surface area contributed by atoms with Gasteiger partial charge in [-0.3, -0.25) is 9.59 Å². The first-order valence-corrected chi connectivity index (χ1v) is 7.03. The SMILES string of the molecule is O=CNC(CC(=O)O)C12CC3CC(CC(C3)C1)C2. The highest BCUT2D eigenvalue weighted by atomic mass is 16.4. The van der Waals surface area contributed by atoms with E-state index >= 15 is 0 Å². The first-order chi connectivity index (χ1) is 8.61. The smallest absolute Gasteiger partial charge is 0.305 e. The molecule has 0 spiro atoms. The lowest BCUT2D eigenvalue weighted by molar-refractivity contribution is -0.141. The van der Waals surface area contributed by atoms with E-state index in [0.29, 0.717) is 6.41 Å². The van der Waals surface area contributed by atoms with Gasteiger partial charge >= 0.3 is 5.97 Å². The van der Waals surface area contributed by atoms with Crippen molar-refractivity contribution in [1.82, 2.24) is 5.32 Å². The third-order valence-electron chi connectivity index (χ3n) is 5.47. The number of carbonyl (C=O) groups excluding carboxylic acids is 1. The van der Waals surface area contributed by atoms with Crippen molar-refractivity contribution in [2.45, 2.75) is 51.0 Å². The molecule has 4 nitrogen and oxygen atoms in total. The first-order valence-electron chi connectivity index (χ1n) is 7.03. The minimum Gasteiger partial charge on any atom is -0.481 e. The maximum Gasteiger partial charge on any atom is 0.305 e. The van der Waals surface area contributed by atoms with Gasteiger partial charge in [-0.2, -0.15) is 0 Å². The molecule has 0 saturated heterocycles. The molecule has 4 saturated carbocycles. The van der Waals surface area contributed by atoms with E-state index in [1.165, 1.54) is 19.3 Å². The summed E-state index contributed by atoms with van der Waals surface area (Å²) in [7, 11) is 0. The van der Waals surface area contributed by atoms with Crippen molar-refractivity contribution < 1.29 is 14.7 Å². The van der Waals surface area contributed by atoms with Crippen molar-refractivity contribution >= 4 is 12.4 Å². The molecule has 100 valence electrons. The molecule has 4 bridgehead atoms. The van der Waals surface area contributed by atoms with Crippen LogP contribution in [0.5, 0.6) is 0 Å². The van der Waals surface area contributed by atoms with Crippen LogP contribution in [-0.2, 0) is 9.59 Å². The van der Waals surface area contributed by atoms with Crippen LogP contribution in [0.1, 0.15) is 44.9 Å². The summed E-state index contributed by atoms with van der Waals surface area (Å²) in [6, 6.07) is -0.166. The van der Waals surface area contributed by atoms with Crippen molar-refractivity contribution in [2.75, 3.05) is 0 Å². The van der Waals surface area contributed by atoms with Crippen LogP contribution in [0.15, 0.2) is 0 Å². The molecule has 4 fully saturated rings. The number of hydrogen-bond donors (Lipinski definition) is 2. The summed E-state index contributed by atoms with van der Waals surface area (Å²) >= 11 is 0. The van der Waals surface area contributed by atoms with E-state index in [4.69, 9.17) is 5.11 Å². The Balaban J connectivity index is 1.83. The molecule has 1 unspecified atom stereocenters. The van der Waals surface area contributed by atoms with Crippen LogP contribution in [0.25, 0.3) is 0 Å². The Labute approximate surface area is 107 Å². The second kappa shape index (κ2) is 4.25. The summed E-state index contributed by atoms with van der Waals surface area (Å²) in [5.74, 6) is 1.54. The fourth-order valence-electron chi connectivity index (χ4n) is 5.31. The van der Waals surface area contributed by atoms with Gasteiger partial charge in [0.25, 0.3) is 0 Å². The predicted molar refractivity (Wildman–Crippen MR) is 65.8 cm³/mol. The lowest BCUT2D eigenvalue weighted by atomic mass is 9.47. The minimum atomic E-state index is -0.801. The summed E-state index contributed by atoms with van der Waals surface area (Å²) in [6.45, 7) is 0. The van der Waals surface area contributed by atoms with Gasteiger partial charge in [-0.25, -0.2) is 0 Å². The quantitative estimate of drug-likeness (QED) is 0.732. The Morgan fingerprint density at radius 2 is 1.72 bits per heavy atom. The van der Waals surface area contributed by atoms with Gasteiger partial charge in [0.1, 0.15) is 0 Å². The molecule has 2 N–H and O–H groups in total. The second-order valence-corrected chi connectivity index (χ2v) is 6.71. The zero-order valence-corrected chi connectivity index (χ0v) is 10.6. The molecule has 0 aromatic heterocycles. The molecule has 4 aliphatic rings. The fourth-order valence-corrected chi connectivity index (χ4v) is 5.31. The molecular formula is C14H21NO3. The standard InChI is InChI=1S/C14H21NO3/c16-8-15-12(4-13(17)18)14-5-9-1-10(6-14)3-11(2-9)7-14/h8-12H,1-7H2,(H,15,16)(H,17,18). The topological polar surface area (TPSA) is 66.4 Å². The third-order valence-corrected chi connectivity index (χ3v) is 5.47. The van der Waals surface area contributed by atoms with E-state index in [9.17, 15) is 9.59 Å². The number of nitrogens with one attached hydrogen (secondary N) is 1. The summed E-state index contributed by atoms with van der Waals surface area (Å²) in [5.41, 5.74) is 0.0774. The molecule has 0 heterocycles. The highest BCUT2D eigenvalue weighted by Gasteiger charge is 2.54. The fraction of sp³-hybridized carbons (Fsp3) is 0.857. The van der Waals surface area contributed by atoms with Gasteiger partial charge in [0.15, 0.2) is 0 Å². The number of carbonyl (C=O) groups is 2. The van der Waals surface area contributed by atoms with Crippen LogP contribution in [-0.4, -0.2) is 23.5 Å². The maximum absolute atomic E-state index is 11.0. The summed E-state index contributed by atoms with van der Waals surface area (Å²) in [6.07, 6.45) is 8.13. The van der Waals surface area contributed by atoms with Crippen molar-refractivity contribution in [3.63, 3.8) is 0 Å². The number of carboxylic acids is 1. The normalized spacial score (nSPS) is 42.6. The molecule has 0 aromatic carbocycles. The van der Waals surface area contributed by atoms with Gasteiger partial charge in [0.2, 0.25) is 6.41 Å². The van der Waals surface area contributed by atoms with Crippen molar-refractivity contribution in [3.05, 3.63) is 0 Å². The number of hydrogen-bond acceptors (Lipinski definition) is 2. The molecule has 0 radical (unpaired) electrons. The second-order valence-electron chi connectivity index (χ2n) is 6.71. The van der Waals surface area contributed by atoms with Gasteiger partial charge in [-0.15, -0.1) is 0 Å². The van der Waals surface area contributed by atoms with E-state index in [2.05, 4.69) is 5.32 Å².